The van der Waals surface area contributed by atoms with Crippen molar-refractivity contribution in [2.45, 2.75) is 0 Å². The van der Waals surface area contributed by atoms with E-state index >= 15 is 0 Å². The van der Waals surface area contributed by atoms with E-state index < -0.39 is 0 Å². The van der Waals surface area contributed by atoms with Crippen LogP contribution in [0.25, 0.3) is 0 Å². The first-order valence-corrected chi connectivity index (χ1v) is 6.26. The minimum atomic E-state index is 0.222. The van der Waals surface area contributed by atoms with E-state index in [1.165, 1.54) is 11.3 Å². The lowest BCUT2D eigenvalue weighted by Crippen LogP contribution is -2.31. The summed E-state index contributed by atoms with van der Waals surface area (Å²) >= 11 is 1.54. The Morgan fingerprint density at radius 1 is 1.40 bits per heavy atom. The number of rotatable bonds is 1. The molecule has 0 unspecified atom stereocenters. The Hall–Kier alpha value is -0.870. The monoisotopic (exact) mass is 222 g/mol. The van der Waals surface area contributed by atoms with Crippen molar-refractivity contribution in [3.63, 3.8) is 0 Å². The summed E-state index contributed by atoms with van der Waals surface area (Å²) in [6.45, 7) is 4.04. The van der Waals surface area contributed by atoms with Crippen molar-refractivity contribution in [1.29, 1.82) is 0 Å². The van der Waals surface area contributed by atoms with Crippen molar-refractivity contribution < 1.29 is 4.79 Å². The highest BCUT2D eigenvalue weighted by Gasteiger charge is 2.38. The quantitative estimate of drug-likeness (QED) is 0.770. The van der Waals surface area contributed by atoms with E-state index in [9.17, 15) is 4.79 Å². The molecule has 0 radical (unpaired) electrons. The summed E-state index contributed by atoms with van der Waals surface area (Å²) in [6.07, 6.45) is 0. The van der Waals surface area contributed by atoms with Crippen LogP contribution in [0.5, 0.6) is 0 Å². The molecule has 15 heavy (non-hydrogen) atoms. The van der Waals surface area contributed by atoms with Crippen molar-refractivity contribution >= 4 is 17.2 Å². The summed E-state index contributed by atoms with van der Waals surface area (Å²) in [7, 11) is 0. The van der Waals surface area contributed by atoms with Gasteiger partial charge in [-0.15, -0.1) is 11.3 Å². The maximum absolute atomic E-state index is 12.1. The zero-order chi connectivity index (χ0) is 10.3. The molecule has 0 bridgehead atoms. The van der Waals surface area contributed by atoms with Gasteiger partial charge in [0.05, 0.1) is 4.88 Å². The number of nitrogens with one attached hydrogen (secondary N) is 1. The van der Waals surface area contributed by atoms with Gasteiger partial charge < -0.3 is 10.2 Å². The molecule has 2 atom stereocenters. The van der Waals surface area contributed by atoms with Gasteiger partial charge in [0.1, 0.15) is 0 Å². The summed E-state index contributed by atoms with van der Waals surface area (Å²) in [6, 6.07) is 3.86. The number of hydrogen-bond acceptors (Lipinski definition) is 3. The van der Waals surface area contributed by atoms with Gasteiger partial charge in [0.25, 0.3) is 5.91 Å². The highest BCUT2D eigenvalue weighted by atomic mass is 32.1. The number of carbonyl (C=O) groups is 1. The van der Waals surface area contributed by atoms with Gasteiger partial charge in [-0.05, 0) is 23.3 Å². The molecule has 2 aliphatic heterocycles. The first-order valence-electron chi connectivity index (χ1n) is 5.38. The second kappa shape index (κ2) is 3.61. The molecule has 4 heteroatoms. The molecule has 0 aliphatic carbocycles. The third-order valence-electron chi connectivity index (χ3n) is 3.41. The molecule has 1 amide bonds. The van der Waals surface area contributed by atoms with E-state index in [0.717, 1.165) is 31.1 Å². The fourth-order valence-corrected chi connectivity index (χ4v) is 3.27. The van der Waals surface area contributed by atoms with Crippen molar-refractivity contribution in [3.05, 3.63) is 22.4 Å². The molecule has 2 fully saturated rings. The average molecular weight is 222 g/mol. The number of amides is 1. The Balaban J connectivity index is 1.72. The highest BCUT2D eigenvalue weighted by Crippen LogP contribution is 2.28. The van der Waals surface area contributed by atoms with Crippen LogP contribution in [0, 0.1) is 11.8 Å². The van der Waals surface area contributed by atoms with Crippen molar-refractivity contribution in [2.24, 2.45) is 11.8 Å². The third-order valence-corrected chi connectivity index (χ3v) is 4.27. The zero-order valence-electron chi connectivity index (χ0n) is 8.48. The van der Waals surface area contributed by atoms with Crippen LogP contribution >= 0.6 is 11.3 Å². The number of fused-ring (bicyclic) bond motifs is 1. The fraction of sp³-hybridized carbons (Fsp3) is 0.545. The minimum Gasteiger partial charge on any atom is -0.337 e. The number of thiophene rings is 1. The maximum atomic E-state index is 12.1. The lowest BCUT2D eigenvalue weighted by Gasteiger charge is -2.16. The minimum absolute atomic E-state index is 0.222. The van der Waals surface area contributed by atoms with Gasteiger partial charge in [0.2, 0.25) is 0 Å². The Kier molecular flexibility index (Phi) is 2.25. The Morgan fingerprint density at radius 3 is 2.73 bits per heavy atom. The first-order chi connectivity index (χ1) is 7.34. The second-order valence-electron chi connectivity index (χ2n) is 4.37. The van der Waals surface area contributed by atoms with E-state index in [-0.39, 0.29) is 5.91 Å². The Morgan fingerprint density at radius 2 is 2.13 bits per heavy atom. The molecule has 0 spiro atoms. The predicted molar refractivity (Wildman–Crippen MR) is 60.1 cm³/mol. The molecule has 3 heterocycles. The van der Waals surface area contributed by atoms with E-state index in [1.807, 2.05) is 22.4 Å². The van der Waals surface area contributed by atoms with Crippen LogP contribution in [0.3, 0.4) is 0 Å². The predicted octanol–water partition coefficient (Wildman–Crippen LogP) is 1.04. The van der Waals surface area contributed by atoms with Crippen LogP contribution in [-0.2, 0) is 0 Å². The molecule has 1 aromatic heterocycles. The number of hydrogen-bond donors (Lipinski definition) is 1. The number of carbonyl (C=O) groups excluding carboxylic acids is 1. The molecule has 0 saturated carbocycles. The van der Waals surface area contributed by atoms with Crippen LogP contribution in [0.2, 0.25) is 0 Å². The molecule has 1 N–H and O–H groups in total. The average Bonchev–Trinajstić information content (AvgIpc) is 2.92. The van der Waals surface area contributed by atoms with E-state index in [0.29, 0.717) is 11.8 Å². The first kappa shape index (κ1) is 9.36. The van der Waals surface area contributed by atoms with Crippen LogP contribution in [0.15, 0.2) is 17.5 Å². The molecular formula is C11H14N2OS. The standard InChI is InChI=1S/C11H14N2OS/c14-11(10-2-1-3-15-10)13-6-8-4-12-5-9(8)7-13/h1-3,8-9,12H,4-7H2/t8-,9+. The smallest absolute Gasteiger partial charge is 0.263 e. The highest BCUT2D eigenvalue weighted by molar-refractivity contribution is 7.12. The summed E-state index contributed by atoms with van der Waals surface area (Å²) in [4.78, 5) is 14.9. The Labute approximate surface area is 93.1 Å². The zero-order valence-corrected chi connectivity index (χ0v) is 9.30. The molecule has 80 valence electrons. The van der Waals surface area contributed by atoms with E-state index in [4.69, 9.17) is 0 Å². The Bertz CT molecular complexity index is 351. The second-order valence-corrected chi connectivity index (χ2v) is 5.31. The molecule has 3 nitrogen and oxygen atoms in total. The van der Waals surface area contributed by atoms with E-state index in [2.05, 4.69) is 5.32 Å². The van der Waals surface area contributed by atoms with Crippen LogP contribution in [-0.4, -0.2) is 37.0 Å². The number of nitrogens with zero attached hydrogens (tertiary/aromatic N) is 1. The van der Waals surface area contributed by atoms with Crippen molar-refractivity contribution in [2.75, 3.05) is 26.2 Å². The van der Waals surface area contributed by atoms with Gasteiger partial charge in [-0.3, -0.25) is 4.79 Å². The molecule has 2 aliphatic rings. The number of likely N-dealkylation sites (tertiary alicyclic amines) is 1. The topological polar surface area (TPSA) is 32.3 Å². The normalized spacial score (nSPS) is 29.5. The lowest BCUT2D eigenvalue weighted by molar-refractivity contribution is 0.0786. The van der Waals surface area contributed by atoms with Crippen LogP contribution in [0.4, 0.5) is 0 Å². The molecule has 3 rings (SSSR count). The third kappa shape index (κ3) is 1.58. The lowest BCUT2D eigenvalue weighted by atomic mass is 10.0. The van der Waals surface area contributed by atoms with Crippen LogP contribution in [0.1, 0.15) is 9.67 Å². The largest absolute Gasteiger partial charge is 0.337 e. The van der Waals surface area contributed by atoms with Gasteiger partial charge in [0, 0.05) is 26.2 Å². The van der Waals surface area contributed by atoms with Crippen molar-refractivity contribution in [3.8, 4) is 0 Å². The fourth-order valence-electron chi connectivity index (χ4n) is 2.58. The van der Waals surface area contributed by atoms with Gasteiger partial charge in [0.15, 0.2) is 0 Å². The van der Waals surface area contributed by atoms with Gasteiger partial charge in [-0.25, -0.2) is 0 Å². The SMILES string of the molecule is O=C(c1cccs1)N1C[C@H]2CNC[C@H]2C1. The van der Waals surface area contributed by atoms with Gasteiger partial charge in [-0.1, -0.05) is 6.07 Å². The summed E-state index contributed by atoms with van der Waals surface area (Å²) < 4.78 is 0. The molecule has 0 aromatic carbocycles. The van der Waals surface area contributed by atoms with Crippen molar-refractivity contribution in [1.82, 2.24) is 10.2 Å². The molecular weight excluding hydrogens is 208 g/mol. The van der Waals surface area contributed by atoms with E-state index in [1.54, 1.807) is 0 Å². The summed E-state index contributed by atoms with van der Waals surface area (Å²) in [5.41, 5.74) is 0. The maximum Gasteiger partial charge on any atom is 0.263 e. The summed E-state index contributed by atoms with van der Waals surface area (Å²) in [5, 5.41) is 5.35. The van der Waals surface area contributed by atoms with Gasteiger partial charge >= 0.3 is 0 Å². The molecule has 2 saturated heterocycles. The summed E-state index contributed by atoms with van der Waals surface area (Å²) in [5.74, 6) is 1.60. The van der Waals surface area contributed by atoms with Gasteiger partial charge in [-0.2, -0.15) is 0 Å². The van der Waals surface area contributed by atoms with Crippen LogP contribution < -0.4 is 5.32 Å². The molecule has 1 aromatic rings.